The predicted molar refractivity (Wildman–Crippen MR) is 132 cm³/mol. The van der Waals surface area contributed by atoms with Crippen LogP contribution in [0.15, 0.2) is 18.5 Å². The molecule has 0 saturated carbocycles. The Morgan fingerprint density at radius 2 is 2.18 bits per heavy atom. The maximum absolute atomic E-state index is 9.60. The molecule has 2 atom stereocenters. The topological polar surface area (TPSA) is 112 Å². The minimum atomic E-state index is -0.371. The number of hydrogen-bond acceptors (Lipinski definition) is 8. The Labute approximate surface area is 195 Å². The second kappa shape index (κ2) is 8.43. The van der Waals surface area contributed by atoms with Gasteiger partial charge in [-0.25, -0.2) is 4.98 Å². The number of nitrogens with one attached hydrogen (secondary N) is 1. The van der Waals surface area contributed by atoms with Gasteiger partial charge in [0, 0.05) is 18.7 Å². The Bertz CT molecular complexity index is 1210. The van der Waals surface area contributed by atoms with Gasteiger partial charge in [-0.15, -0.1) is 5.10 Å². The molecule has 10 nitrogen and oxygen atoms in total. The molecule has 170 valence electrons. The summed E-state index contributed by atoms with van der Waals surface area (Å²) in [4.78, 5) is 9.17. The molecular weight excluding hydrogens is 419 g/mol. The van der Waals surface area contributed by atoms with Crippen molar-refractivity contribution in [2.24, 2.45) is 0 Å². The number of hydrogen-bond donors (Lipinski definition) is 1. The van der Waals surface area contributed by atoms with Crippen molar-refractivity contribution in [3.05, 3.63) is 24.2 Å². The van der Waals surface area contributed by atoms with Crippen LogP contribution in [0.4, 0.5) is 11.6 Å². The van der Waals surface area contributed by atoms with Gasteiger partial charge >= 0.3 is 0 Å². The quantitative estimate of drug-likeness (QED) is 0.460. The highest BCUT2D eigenvalue weighted by Crippen LogP contribution is 2.34. The molecule has 0 aliphatic carbocycles. The summed E-state index contributed by atoms with van der Waals surface area (Å²) in [6.07, 6.45) is 3.50. The van der Waals surface area contributed by atoms with Crippen LogP contribution in [-0.2, 0) is 14.7 Å². The summed E-state index contributed by atoms with van der Waals surface area (Å²) < 4.78 is 20.8. The molecule has 0 spiro atoms. The predicted octanol–water partition coefficient (Wildman–Crippen LogP) is -0.526. The van der Waals surface area contributed by atoms with Crippen LogP contribution in [0.25, 0.3) is 11.0 Å². The summed E-state index contributed by atoms with van der Waals surface area (Å²) in [5.41, 5.74) is 1.46. The van der Waals surface area contributed by atoms with Crippen LogP contribution >= 0.6 is 0 Å². The zero-order valence-electron chi connectivity index (χ0n) is 20.2. The normalized spacial score (nSPS) is 18.5. The molecule has 4 rings (SSSR count). The maximum atomic E-state index is 9.60. The van der Waals surface area contributed by atoms with Gasteiger partial charge in [0.05, 0.1) is 25.5 Å². The van der Waals surface area contributed by atoms with Gasteiger partial charge in [-0.05, 0) is 32.1 Å². The van der Waals surface area contributed by atoms with Crippen molar-refractivity contribution in [3.63, 3.8) is 0 Å². The number of nitriles is 1. The van der Waals surface area contributed by atoms with Gasteiger partial charge in [-0.2, -0.15) is 10.2 Å². The second-order valence-electron chi connectivity index (χ2n) is 9.90. The first-order valence-electron chi connectivity index (χ1n) is 11.0. The lowest BCUT2D eigenvalue weighted by Crippen LogP contribution is -2.56. The Morgan fingerprint density at radius 1 is 1.42 bits per heavy atom. The van der Waals surface area contributed by atoms with Crippen molar-refractivity contribution in [2.75, 3.05) is 25.6 Å². The highest BCUT2D eigenvalue weighted by atomic mass is 16.6. The number of ether oxygens (including phenoxy) is 3. The fourth-order valence-corrected chi connectivity index (χ4v) is 3.71. The zero-order valence-corrected chi connectivity index (χ0v) is 20.2. The lowest BCUT2D eigenvalue weighted by molar-refractivity contribution is -0.208. The smallest absolute Gasteiger partial charge is 0.257 e. The van der Waals surface area contributed by atoms with Crippen molar-refractivity contribution in [1.82, 2.24) is 24.3 Å². The van der Waals surface area contributed by atoms with E-state index < -0.39 is 0 Å². The number of rotatable bonds is 8. The molecule has 1 saturated heterocycles. The van der Waals surface area contributed by atoms with E-state index in [4.69, 9.17) is 19.2 Å². The molecular formula is C20H28B3N7O3. The number of methoxy groups -OCH3 is 1. The average molecular weight is 447 g/mol. The van der Waals surface area contributed by atoms with Crippen molar-refractivity contribution in [1.29, 1.82) is 5.26 Å². The summed E-state index contributed by atoms with van der Waals surface area (Å²) in [7, 11) is 7.85. The first kappa shape index (κ1) is 23.2. The van der Waals surface area contributed by atoms with Gasteiger partial charge < -0.3 is 24.1 Å². The molecule has 33 heavy (non-hydrogen) atoms. The molecule has 1 aliphatic rings. The molecule has 1 N–H and O–H groups in total. The van der Waals surface area contributed by atoms with E-state index in [1.165, 1.54) is 0 Å². The Morgan fingerprint density at radius 3 is 2.76 bits per heavy atom. The fourth-order valence-electron chi connectivity index (χ4n) is 3.71. The Balaban J connectivity index is 1.70. The van der Waals surface area contributed by atoms with Crippen LogP contribution in [0, 0.1) is 11.3 Å². The van der Waals surface area contributed by atoms with E-state index >= 15 is 0 Å². The molecule has 0 aromatic carbocycles. The van der Waals surface area contributed by atoms with E-state index in [0.717, 1.165) is 5.39 Å². The largest absolute Gasteiger partial charge is 0.466 e. The lowest BCUT2D eigenvalue weighted by Gasteiger charge is -2.43. The molecule has 1 aliphatic heterocycles. The molecule has 1 fully saturated rings. The summed E-state index contributed by atoms with van der Waals surface area (Å²) >= 11 is 0. The molecule has 4 heterocycles. The minimum Gasteiger partial charge on any atom is -0.466 e. The van der Waals surface area contributed by atoms with Gasteiger partial charge in [0.1, 0.15) is 52.2 Å². The monoisotopic (exact) mass is 447 g/mol. The van der Waals surface area contributed by atoms with E-state index in [9.17, 15) is 5.26 Å². The number of nitrogens with zero attached hydrogens (tertiary/aromatic N) is 6. The molecule has 1 unspecified atom stereocenters. The third kappa shape index (κ3) is 4.45. The first-order valence-corrected chi connectivity index (χ1v) is 11.0. The van der Waals surface area contributed by atoms with Gasteiger partial charge in [0.25, 0.3) is 5.88 Å². The van der Waals surface area contributed by atoms with Crippen molar-refractivity contribution in [3.8, 4) is 11.9 Å². The molecule has 0 amide bonds. The summed E-state index contributed by atoms with van der Waals surface area (Å²) in [6, 6.07) is 3.96. The summed E-state index contributed by atoms with van der Waals surface area (Å²) in [6.45, 7) is 6.95. The van der Waals surface area contributed by atoms with E-state index in [1.807, 2.05) is 36.2 Å². The van der Waals surface area contributed by atoms with E-state index in [0.29, 0.717) is 42.1 Å². The lowest BCUT2D eigenvalue weighted by atomic mass is 9.49. The molecule has 0 bridgehead atoms. The molecule has 3 aromatic heterocycles. The van der Waals surface area contributed by atoms with Crippen LogP contribution in [0.2, 0.25) is 0 Å². The number of fused-ring (bicyclic) bond motifs is 1. The number of aromatic nitrogens is 5. The third-order valence-corrected chi connectivity index (χ3v) is 5.79. The van der Waals surface area contributed by atoms with Gasteiger partial charge in [0.15, 0.2) is 6.10 Å². The van der Waals surface area contributed by atoms with Crippen LogP contribution < -0.4 is 10.1 Å². The van der Waals surface area contributed by atoms with Crippen LogP contribution in [-0.4, -0.2) is 79.9 Å². The van der Waals surface area contributed by atoms with Crippen molar-refractivity contribution >= 4 is 46.2 Å². The van der Waals surface area contributed by atoms with Crippen LogP contribution in [0.3, 0.4) is 0 Å². The van der Waals surface area contributed by atoms with Gasteiger partial charge in [-0.1, -0.05) is 0 Å². The minimum absolute atomic E-state index is 0.0618. The van der Waals surface area contributed by atoms with E-state index in [-0.39, 0.29) is 23.0 Å². The summed E-state index contributed by atoms with van der Waals surface area (Å²) in [5.74, 6) is 0.856. The van der Waals surface area contributed by atoms with Gasteiger partial charge in [-0.3, -0.25) is 4.68 Å². The zero-order chi connectivity index (χ0) is 24.0. The van der Waals surface area contributed by atoms with Crippen LogP contribution in [0.5, 0.6) is 5.88 Å². The van der Waals surface area contributed by atoms with Crippen molar-refractivity contribution < 1.29 is 14.2 Å². The molecule has 3 aromatic rings. The fraction of sp³-hybridized carbons (Fsp3) is 0.500. The van der Waals surface area contributed by atoms with E-state index in [1.54, 1.807) is 19.4 Å². The highest BCUT2D eigenvalue weighted by Gasteiger charge is 2.43. The maximum Gasteiger partial charge on any atom is 0.257 e. The van der Waals surface area contributed by atoms with E-state index in [2.05, 4.69) is 45.0 Å². The third-order valence-electron chi connectivity index (χ3n) is 5.79. The SMILES string of the molecule is BC(B)(B)n1cc(Nc2ncc3cc(C#N)n([C@@H](C)COC)c3n2)c(OC2COC2(C)C)n1. The van der Waals surface area contributed by atoms with Gasteiger partial charge in [0.2, 0.25) is 5.95 Å². The average Bonchev–Trinajstić information content (AvgIpc) is 3.32. The Kier molecular flexibility index (Phi) is 5.93. The standard InChI is InChI=1S/C20H28B3N7O3/c1-11(9-31-4)30-13(6-24)5-12-7-25-18(27-16(12)30)26-14-8-29(20(21,22)23)28-17(14)33-15-10-32-19(15,2)3/h5,7-8,11,15H,9-10,21-23H2,1-4H3,(H,25,26,27)/t11-,15?/m0/s1. The second-order valence-corrected chi connectivity index (χ2v) is 9.90. The molecule has 13 heteroatoms. The highest BCUT2D eigenvalue weighted by molar-refractivity contribution is 6.56. The number of anilines is 2. The molecule has 0 radical (unpaired) electrons. The Hall–Kier alpha value is -2.97. The van der Waals surface area contributed by atoms with Crippen molar-refractivity contribution in [2.45, 2.75) is 43.8 Å². The van der Waals surface area contributed by atoms with Crippen LogP contribution in [0.1, 0.15) is 32.5 Å². The first-order chi connectivity index (χ1) is 15.5. The summed E-state index contributed by atoms with van der Waals surface area (Å²) in [5, 5.41) is 18.1.